The Balaban J connectivity index is 1.50. The summed E-state index contributed by atoms with van der Waals surface area (Å²) < 4.78 is 7.76. The minimum atomic E-state index is 0.540. The molecular formula is C19H16N4O. The summed E-state index contributed by atoms with van der Waals surface area (Å²) in [7, 11) is 0. The molecule has 2 aromatic carbocycles. The predicted octanol–water partition coefficient (Wildman–Crippen LogP) is 4.05. The number of anilines is 2. The highest BCUT2D eigenvalue weighted by atomic mass is 16.5. The molecule has 0 aliphatic rings. The summed E-state index contributed by atoms with van der Waals surface area (Å²) in [5, 5.41) is 11.6. The third-order valence-electron chi connectivity index (χ3n) is 3.65. The van der Waals surface area contributed by atoms with Crippen LogP contribution in [-0.2, 0) is 6.61 Å². The third kappa shape index (κ3) is 3.05. The zero-order chi connectivity index (χ0) is 16.2. The largest absolute Gasteiger partial charge is 0.489 e. The Labute approximate surface area is 139 Å². The maximum absolute atomic E-state index is 5.86. The van der Waals surface area contributed by atoms with Gasteiger partial charge in [-0.05, 0) is 29.8 Å². The highest BCUT2D eigenvalue weighted by Crippen LogP contribution is 2.21. The van der Waals surface area contributed by atoms with E-state index in [-0.39, 0.29) is 0 Å². The minimum Gasteiger partial charge on any atom is -0.489 e. The van der Waals surface area contributed by atoms with E-state index in [9.17, 15) is 0 Å². The molecule has 0 fully saturated rings. The van der Waals surface area contributed by atoms with Crippen LogP contribution in [0.2, 0.25) is 0 Å². The lowest BCUT2D eigenvalue weighted by atomic mass is 10.2. The molecule has 118 valence electrons. The van der Waals surface area contributed by atoms with Gasteiger partial charge in [0.25, 0.3) is 0 Å². The Morgan fingerprint density at radius 2 is 1.75 bits per heavy atom. The number of hydrogen-bond donors (Lipinski definition) is 1. The molecule has 0 unspecified atom stereocenters. The zero-order valence-electron chi connectivity index (χ0n) is 13.0. The standard InChI is InChI=1S/C19H16N4O/c1-2-7-15(8-3-1)14-24-17-10-6-9-16(13-17)20-19-22-21-18-11-4-5-12-23(18)19/h1-13H,14H2,(H,20,22). The van der Waals surface area contributed by atoms with Gasteiger partial charge in [-0.1, -0.05) is 42.5 Å². The maximum atomic E-state index is 5.86. The van der Waals surface area contributed by atoms with Gasteiger partial charge in [-0.15, -0.1) is 10.2 Å². The molecule has 0 radical (unpaired) electrons. The molecule has 5 heteroatoms. The zero-order valence-corrected chi connectivity index (χ0v) is 13.0. The van der Waals surface area contributed by atoms with Crippen molar-refractivity contribution < 1.29 is 4.74 Å². The molecule has 5 nitrogen and oxygen atoms in total. The van der Waals surface area contributed by atoms with Crippen LogP contribution in [0.25, 0.3) is 5.65 Å². The molecule has 4 rings (SSSR count). The Morgan fingerprint density at radius 1 is 0.875 bits per heavy atom. The molecule has 24 heavy (non-hydrogen) atoms. The van der Waals surface area contributed by atoms with Gasteiger partial charge in [0.15, 0.2) is 5.65 Å². The molecule has 1 N–H and O–H groups in total. The van der Waals surface area contributed by atoms with Gasteiger partial charge in [0.05, 0.1) is 0 Å². The van der Waals surface area contributed by atoms with E-state index in [0.29, 0.717) is 12.6 Å². The van der Waals surface area contributed by atoms with E-state index in [1.54, 1.807) is 0 Å². The van der Waals surface area contributed by atoms with E-state index in [2.05, 4.69) is 15.5 Å². The van der Waals surface area contributed by atoms with Crippen molar-refractivity contribution in [1.29, 1.82) is 0 Å². The van der Waals surface area contributed by atoms with Gasteiger partial charge in [0, 0.05) is 18.0 Å². The Hall–Kier alpha value is -3.34. The molecule has 0 bridgehead atoms. The number of nitrogens with zero attached hydrogens (tertiary/aromatic N) is 3. The first-order valence-corrected chi connectivity index (χ1v) is 7.72. The molecule has 0 amide bonds. The Morgan fingerprint density at radius 3 is 2.67 bits per heavy atom. The highest BCUT2D eigenvalue weighted by molar-refractivity contribution is 5.58. The highest BCUT2D eigenvalue weighted by Gasteiger charge is 2.05. The van der Waals surface area contributed by atoms with Gasteiger partial charge in [0.1, 0.15) is 12.4 Å². The fourth-order valence-electron chi connectivity index (χ4n) is 2.46. The first-order chi connectivity index (χ1) is 11.9. The van der Waals surface area contributed by atoms with E-state index >= 15 is 0 Å². The first kappa shape index (κ1) is 14.3. The summed E-state index contributed by atoms with van der Waals surface area (Å²) in [6, 6.07) is 23.7. The average Bonchev–Trinajstić information content (AvgIpc) is 3.04. The van der Waals surface area contributed by atoms with Crippen molar-refractivity contribution in [1.82, 2.24) is 14.6 Å². The molecule has 2 aromatic heterocycles. The van der Waals surface area contributed by atoms with Gasteiger partial charge >= 0.3 is 0 Å². The van der Waals surface area contributed by atoms with Gasteiger partial charge in [-0.3, -0.25) is 4.40 Å². The summed E-state index contributed by atoms with van der Waals surface area (Å²) in [6.07, 6.45) is 1.92. The number of nitrogens with one attached hydrogen (secondary N) is 1. The molecular weight excluding hydrogens is 300 g/mol. The summed E-state index contributed by atoms with van der Waals surface area (Å²) in [6.45, 7) is 0.540. The fourth-order valence-corrected chi connectivity index (χ4v) is 2.46. The van der Waals surface area contributed by atoms with Crippen LogP contribution in [0.5, 0.6) is 5.75 Å². The summed E-state index contributed by atoms with van der Waals surface area (Å²) >= 11 is 0. The lowest BCUT2D eigenvalue weighted by Gasteiger charge is -2.09. The maximum Gasteiger partial charge on any atom is 0.233 e. The van der Waals surface area contributed by atoms with E-state index in [1.807, 2.05) is 83.4 Å². The van der Waals surface area contributed by atoms with Crippen LogP contribution in [0.15, 0.2) is 79.0 Å². The van der Waals surface area contributed by atoms with Crippen LogP contribution in [0.4, 0.5) is 11.6 Å². The lowest BCUT2D eigenvalue weighted by molar-refractivity contribution is 0.306. The molecule has 2 heterocycles. The van der Waals surface area contributed by atoms with Crippen LogP contribution in [-0.4, -0.2) is 14.6 Å². The Bertz CT molecular complexity index is 950. The SMILES string of the molecule is c1ccc(COc2cccc(Nc3nnc4ccccn34)c2)cc1. The normalized spacial score (nSPS) is 10.7. The van der Waals surface area contributed by atoms with Gasteiger partial charge in [0.2, 0.25) is 5.95 Å². The predicted molar refractivity (Wildman–Crippen MR) is 93.5 cm³/mol. The fraction of sp³-hybridized carbons (Fsp3) is 0.0526. The molecule has 0 saturated carbocycles. The van der Waals surface area contributed by atoms with E-state index < -0.39 is 0 Å². The minimum absolute atomic E-state index is 0.540. The molecule has 4 aromatic rings. The van der Waals surface area contributed by atoms with Crippen molar-refractivity contribution >= 4 is 17.3 Å². The molecule has 0 aliphatic heterocycles. The van der Waals surface area contributed by atoms with Crippen molar-refractivity contribution in [2.45, 2.75) is 6.61 Å². The van der Waals surface area contributed by atoms with Crippen molar-refractivity contribution in [2.24, 2.45) is 0 Å². The third-order valence-corrected chi connectivity index (χ3v) is 3.65. The number of aromatic nitrogens is 3. The number of ether oxygens (including phenoxy) is 1. The second-order valence-corrected chi connectivity index (χ2v) is 5.38. The second-order valence-electron chi connectivity index (χ2n) is 5.38. The van der Waals surface area contributed by atoms with Crippen LogP contribution >= 0.6 is 0 Å². The van der Waals surface area contributed by atoms with Gasteiger partial charge < -0.3 is 10.1 Å². The van der Waals surface area contributed by atoms with Crippen molar-refractivity contribution in [2.75, 3.05) is 5.32 Å². The van der Waals surface area contributed by atoms with Crippen LogP contribution in [0.3, 0.4) is 0 Å². The molecule has 0 aliphatic carbocycles. The molecule has 0 atom stereocenters. The lowest BCUT2D eigenvalue weighted by Crippen LogP contribution is -1.98. The second kappa shape index (κ2) is 6.42. The van der Waals surface area contributed by atoms with E-state index in [0.717, 1.165) is 22.6 Å². The molecule has 0 spiro atoms. The summed E-state index contributed by atoms with van der Waals surface area (Å²) in [4.78, 5) is 0. The summed E-state index contributed by atoms with van der Waals surface area (Å²) in [5.41, 5.74) is 2.84. The number of pyridine rings is 1. The summed E-state index contributed by atoms with van der Waals surface area (Å²) in [5.74, 6) is 1.48. The number of rotatable bonds is 5. The number of hydrogen-bond acceptors (Lipinski definition) is 4. The quantitative estimate of drug-likeness (QED) is 0.603. The monoisotopic (exact) mass is 316 g/mol. The van der Waals surface area contributed by atoms with Crippen molar-refractivity contribution in [3.63, 3.8) is 0 Å². The van der Waals surface area contributed by atoms with E-state index in [4.69, 9.17) is 4.74 Å². The Kier molecular flexibility index (Phi) is 3.81. The van der Waals surface area contributed by atoms with Gasteiger partial charge in [-0.2, -0.15) is 0 Å². The number of benzene rings is 2. The van der Waals surface area contributed by atoms with Crippen molar-refractivity contribution in [3.05, 3.63) is 84.6 Å². The molecule has 0 saturated heterocycles. The van der Waals surface area contributed by atoms with Crippen LogP contribution < -0.4 is 10.1 Å². The van der Waals surface area contributed by atoms with Crippen LogP contribution in [0, 0.1) is 0 Å². The average molecular weight is 316 g/mol. The van der Waals surface area contributed by atoms with Crippen molar-refractivity contribution in [3.8, 4) is 5.75 Å². The first-order valence-electron chi connectivity index (χ1n) is 7.72. The smallest absolute Gasteiger partial charge is 0.233 e. The van der Waals surface area contributed by atoms with Crippen LogP contribution in [0.1, 0.15) is 5.56 Å². The van der Waals surface area contributed by atoms with E-state index in [1.165, 1.54) is 0 Å². The topological polar surface area (TPSA) is 51.5 Å². The number of fused-ring (bicyclic) bond motifs is 1. The van der Waals surface area contributed by atoms with Gasteiger partial charge in [-0.25, -0.2) is 0 Å².